The van der Waals surface area contributed by atoms with E-state index in [-0.39, 0.29) is 5.92 Å². The highest BCUT2D eigenvalue weighted by Gasteiger charge is 2.46. The molecule has 3 heteroatoms. The number of aliphatic hydroxyl groups is 1. The summed E-state index contributed by atoms with van der Waals surface area (Å²) in [7, 11) is 1.64. The first-order valence-corrected chi connectivity index (χ1v) is 6.52. The smallest absolute Gasteiger partial charge is 0.119 e. The van der Waals surface area contributed by atoms with Crippen LogP contribution in [-0.4, -0.2) is 17.2 Å². The fourth-order valence-corrected chi connectivity index (χ4v) is 2.59. The van der Waals surface area contributed by atoms with Crippen LogP contribution in [0, 0.1) is 5.92 Å². The highest BCUT2D eigenvalue weighted by Crippen LogP contribution is 2.49. The highest BCUT2D eigenvalue weighted by molar-refractivity contribution is 5.40. The molecule has 0 radical (unpaired) electrons. The highest BCUT2D eigenvalue weighted by atomic mass is 16.5. The lowest BCUT2D eigenvalue weighted by atomic mass is 9.83. The van der Waals surface area contributed by atoms with E-state index in [1.165, 1.54) is 0 Å². The van der Waals surface area contributed by atoms with Crippen molar-refractivity contribution in [2.24, 2.45) is 5.92 Å². The Morgan fingerprint density at radius 2 is 2.00 bits per heavy atom. The van der Waals surface area contributed by atoms with E-state index >= 15 is 0 Å². The molecule has 1 N–H and O–H groups in total. The fourth-order valence-electron chi connectivity index (χ4n) is 2.59. The molecule has 1 saturated carbocycles. The van der Waals surface area contributed by atoms with Crippen LogP contribution in [0.2, 0.25) is 0 Å². The van der Waals surface area contributed by atoms with Crippen molar-refractivity contribution in [2.75, 3.05) is 7.11 Å². The summed E-state index contributed by atoms with van der Waals surface area (Å²) in [4.78, 5) is 4.14. The Morgan fingerprint density at radius 1 is 1.21 bits per heavy atom. The summed E-state index contributed by atoms with van der Waals surface area (Å²) in [6.45, 7) is 0. The van der Waals surface area contributed by atoms with Gasteiger partial charge in [-0.15, -0.1) is 0 Å². The SMILES string of the molecule is COc1cccc(C(O)(c2cccnc2)C2CC2)c1. The van der Waals surface area contributed by atoms with Gasteiger partial charge in [0.25, 0.3) is 0 Å². The molecule has 98 valence electrons. The zero-order valence-electron chi connectivity index (χ0n) is 10.9. The molecule has 1 fully saturated rings. The molecule has 1 aromatic heterocycles. The van der Waals surface area contributed by atoms with Crippen molar-refractivity contribution in [3.8, 4) is 5.75 Å². The first-order chi connectivity index (χ1) is 9.25. The van der Waals surface area contributed by atoms with Crippen LogP contribution in [-0.2, 0) is 5.60 Å². The normalized spacial score (nSPS) is 17.8. The van der Waals surface area contributed by atoms with Crippen LogP contribution < -0.4 is 4.74 Å². The second kappa shape index (κ2) is 4.67. The number of methoxy groups -OCH3 is 1. The minimum Gasteiger partial charge on any atom is -0.497 e. The largest absolute Gasteiger partial charge is 0.497 e. The molecule has 0 bridgehead atoms. The summed E-state index contributed by atoms with van der Waals surface area (Å²) in [5, 5.41) is 11.2. The van der Waals surface area contributed by atoms with Gasteiger partial charge in [0.2, 0.25) is 0 Å². The average Bonchev–Trinajstić information content (AvgIpc) is 3.32. The summed E-state index contributed by atoms with van der Waals surface area (Å²) in [5.41, 5.74) is 0.774. The Hall–Kier alpha value is -1.87. The average molecular weight is 255 g/mol. The van der Waals surface area contributed by atoms with E-state index in [0.29, 0.717) is 0 Å². The Balaban J connectivity index is 2.10. The minimum atomic E-state index is -0.956. The molecule has 3 nitrogen and oxygen atoms in total. The standard InChI is InChI=1S/C16H17NO2/c1-19-15-6-2-4-13(10-15)16(18,12-7-8-12)14-5-3-9-17-11-14/h2-6,9-12,18H,7-8H2,1H3. The van der Waals surface area contributed by atoms with Crippen molar-refractivity contribution < 1.29 is 9.84 Å². The summed E-state index contributed by atoms with van der Waals surface area (Å²) < 4.78 is 5.26. The van der Waals surface area contributed by atoms with Gasteiger partial charge in [-0.05, 0) is 42.5 Å². The fraction of sp³-hybridized carbons (Fsp3) is 0.312. The molecule has 0 aliphatic heterocycles. The Bertz CT molecular complexity index is 566. The second-order valence-corrected chi connectivity index (χ2v) is 5.01. The molecule has 1 heterocycles. The molecular weight excluding hydrogens is 238 g/mol. The van der Waals surface area contributed by atoms with Crippen LogP contribution in [0.1, 0.15) is 24.0 Å². The van der Waals surface area contributed by atoms with Crippen LogP contribution in [0.4, 0.5) is 0 Å². The lowest BCUT2D eigenvalue weighted by molar-refractivity contribution is 0.0558. The molecule has 1 atom stereocenters. The maximum atomic E-state index is 11.2. The first-order valence-electron chi connectivity index (χ1n) is 6.52. The summed E-state index contributed by atoms with van der Waals surface area (Å²) in [6, 6.07) is 11.5. The van der Waals surface area contributed by atoms with E-state index in [0.717, 1.165) is 29.7 Å². The van der Waals surface area contributed by atoms with Gasteiger partial charge in [-0.1, -0.05) is 18.2 Å². The number of hydrogen-bond donors (Lipinski definition) is 1. The molecule has 0 amide bonds. The second-order valence-electron chi connectivity index (χ2n) is 5.01. The van der Waals surface area contributed by atoms with E-state index in [9.17, 15) is 5.11 Å². The molecule has 1 aliphatic rings. The van der Waals surface area contributed by atoms with Gasteiger partial charge in [-0.25, -0.2) is 0 Å². The molecule has 1 aliphatic carbocycles. The van der Waals surface area contributed by atoms with Crippen molar-refractivity contribution >= 4 is 0 Å². The number of nitrogens with zero attached hydrogens (tertiary/aromatic N) is 1. The van der Waals surface area contributed by atoms with Gasteiger partial charge in [0.05, 0.1) is 7.11 Å². The number of benzene rings is 1. The van der Waals surface area contributed by atoms with Crippen molar-refractivity contribution in [1.29, 1.82) is 0 Å². The Morgan fingerprint density at radius 3 is 2.63 bits per heavy atom. The lowest BCUT2D eigenvalue weighted by Crippen LogP contribution is -2.30. The Kier molecular flexibility index (Phi) is 2.99. The molecule has 2 aromatic rings. The predicted octanol–water partition coefficient (Wildman–Crippen LogP) is 2.74. The lowest BCUT2D eigenvalue weighted by Gasteiger charge is -2.29. The van der Waals surface area contributed by atoms with Gasteiger partial charge < -0.3 is 9.84 Å². The molecule has 1 unspecified atom stereocenters. The first kappa shape index (κ1) is 12.2. The van der Waals surface area contributed by atoms with E-state index in [2.05, 4.69) is 4.98 Å². The van der Waals surface area contributed by atoms with Crippen LogP contribution in [0.5, 0.6) is 5.75 Å². The van der Waals surface area contributed by atoms with Crippen LogP contribution >= 0.6 is 0 Å². The van der Waals surface area contributed by atoms with Crippen molar-refractivity contribution in [3.05, 3.63) is 59.9 Å². The van der Waals surface area contributed by atoms with E-state index in [1.807, 2.05) is 36.4 Å². The van der Waals surface area contributed by atoms with Crippen molar-refractivity contribution in [1.82, 2.24) is 4.98 Å². The van der Waals surface area contributed by atoms with Crippen LogP contribution in [0.15, 0.2) is 48.8 Å². The predicted molar refractivity (Wildman–Crippen MR) is 73.0 cm³/mol. The third-order valence-corrected chi connectivity index (χ3v) is 3.78. The monoisotopic (exact) mass is 255 g/mol. The maximum Gasteiger partial charge on any atom is 0.119 e. The Labute approximate surface area is 112 Å². The van der Waals surface area contributed by atoms with Gasteiger partial charge in [-0.3, -0.25) is 4.98 Å². The van der Waals surface area contributed by atoms with Gasteiger partial charge >= 0.3 is 0 Å². The van der Waals surface area contributed by atoms with E-state index < -0.39 is 5.60 Å². The number of rotatable bonds is 4. The van der Waals surface area contributed by atoms with Gasteiger partial charge in [0.15, 0.2) is 0 Å². The zero-order valence-corrected chi connectivity index (χ0v) is 10.9. The van der Waals surface area contributed by atoms with Crippen molar-refractivity contribution in [2.45, 2.75) is 18.4 Å². The zero-order chi connectivity index (χ0) is 13.3. The molecule has 0 spiro atoms. The summed E-state index contributed by atoms with van der Waals surface area (Å²) in [5.74, 6) is 1.03. The van der Waals surface area contributed by atoms with Gasteiger partial charge in [-0.2, -0.15) is 0 Å². The van der Waals surface area contributed by atoms with E-state index in [4.69, 9.17) is 4.74 Å². The third-order valence-electron chi connectivity index (χ3n) is 3.78. The summed E-state index contributed by atoms with van der Waals surface area (Å²) >= 11 is 0. The topological polar surface area (TPSA) is 42.4 Å². The summed E-state index contributed by atoms with van der Waals surface area (Å²) in [6.07, 6.45) is 5.56. The van der Waals surface area contributed by atoms with Gasteiger partial charge in [0.1, 0.15) is 11.4 Å². The van der Waals surface area contributed by atoms with Crippen LogP contribution in [0.25, 0.3) is 0 Å². The van der Waals surface area contributed by atoms with Crippen molar-refractivity contribution in [3.63, 3.8) is 0 Å². The third kappa shape index (κ3) is 2.10. The minimum absolute atomic E-state index is 0.267. The van der Waals surface area contributed by atoms with Crippen LogP contribution in [0.3, 0.4) is 0 Å². The molecule has 0 saturated heterocycles. The molecule has 3 rings (SSSR count). The maximum absolute atomic E-state index is 11.2. The number of ether oxygens (including phenoxy) is 1. The van der Waals surface area contributed by atoms with Gasteiger partial charge in [0, 0.05) is 18.0 Å². The molecular formula is C16H17NO2. The number of pyridine rings is 1. The quantitative estimate of drug-likeness (QED) is 0.913. The number of aromatic nitrogens is 1. The molecule has 19 heavy (non-hydrogen) atoms. The molecule has 1 aromatic carbocycles. The van der Waals surface area contributed by atoms with E-state index in [1.54, 1.807) is 19.5 Å². The number of hydrogen-bond acceptors (Lipinski definition) is 3.